The van der Waals surface area contributed by atoms with Gasteiger partial charge in [-0.1, -0.05) is 17.4 Å². The predicted octanol–water partition coefficient (Wildman–Crippen LogP) is 3.87. The molecule has 148 valence electrons. The summed E-state index contributed by atoms with van der Waals surface area (Å²) in [7, 11) is -3.64. The van der Waals surface area contributed by atoms with Gasteiger partial charge in [0.25, 0.3) is 0 Å². The summed E-state index contributed by atoms with van der Waals surface area (Å²) in [6, 6.07) is 7.00. The lowest BCUT2D eigenvalue weighted by atomic mass is 10.1. The molecule has 7 nitrogen and oxygen atoms in total. The van der Waals surface area contributed by atoms with Gasteiger partial charge in [-0.25, -0.2) is 22.6 Å². The van der Waals surface area contributed by atoms with Gasteiger partial charge in [0.2, 0.25) is 0 Å². The number of aryl methyl sites for hydroxylation is 1. The number of nitrogens with one attached hydrogen (secondary N) is 3. The number of carbonyl (C=O) groups is 1. The highest BCUT2D eigenvalue weighted by atomic mass is 32.2. The lowest BCUT2D eigenvalue weighted by molar-refractivity contribution is 0.249. The highest BCUT2D eigenvalue weighted by Crippen LogP contribution is 2.34. The van der Waals surface area contributed by atoms with Crippen molar-refractivity contribution in [1.82, 2.24) is 15.3 Å². The number of aromatic nitrogens is 2. The lowest BCUT2D eigenvalue weighted by Crippen LogP contribution is -2.31. The summed E-state index contributed by atoms with van der Waals surface area (Å²) >= 11 is 1.18. The molecule has 0 radical (unpaired) electrons. The highest BCUT2D eigenvalue weighted by Gasteiger charge is 2.18. The van der Waals surface area contributed by atoms with Crippen LogP contribution < -0.4 is 10.6 Å². The minimum atomic E-state index is -3.64. The van der Waals surface area contributed by atoms with Crippen LogP contribution in [0.5, 0.6) is 0 Å². The maximum absolute atomic E-state index is 14.2. The highest BCUT2D eigenvalue weighted by molar-refractivity contribution is 7.90. The number of halogens is 1. The van der Waals surface area contributed by atoms with Gasteiger partial charge in [-0.3, -0.25) is 5.32 Å². The van der Waals surface area contributed by atoms with Gasteiger partial charge in [0.1, 0.15) is 10.7 Å². The first-order chi connectivity index (χ1) is 13.1. The molecule has 28 heavy (non-hydrogen) atoms. The Hall–Kier alpha value is -2.72. The van der Waals surface area contributed by atoms with Gasteiger partial charge in [0.15, 0.2) is 15.0 Å². The van der Waals surface area contributed by atoms with Crippen LogP contribution in [0, 0.1) is 12.7 Å². The Bertz CT molecular complexity index is 1110. The van der Waals surface area contributed by atoms with Crippen LogP contribution in [0.1, 0.15) is 24.4 Å². The van der Waals surface area contributed by atoms with E-state index in [9.17, 15) is 17.6 Å². The molecule has 1 atom stereocenters. The number of aromatic amines is 1. The first-order valence-electron chi connectivity index (χ1n) is 8.33. The van der Waals surface area contributed by atoms with Crippen molar-refractivity contribution >= 4 is 32.3 Å². The number of benzene rings is 1. The zero-order chi connectivity index (χ0) is 20.5. The van der Waals surface area contributed by atoms with E-state index in [1.165, 1.54) is 23.5 Å². The van der Waals surface area contributed by atoms with Crippen LogP contribution in [0.2, 0.25) is 0 Å². The van der Waals surface area contributed by atoms with Crippen molar-refractivity contribution in [2.75, 3.05) is 11.6 Å². The third-order valence-corrected chi connectivity index (χ3v) is 6.30. The number of nitrogens with zero attached hydrogens (tertiary/aromatic N) is 1. The first kappa shape index (κ1) is 20.0. The van der Waals surface area contributed by atoms with Crippen LogP contribution >= 0.6 is 11.3 Å². The van der Waals surface area contributed by atoms with Crippen molar-refractivity contribution in [2.45, 2.75) is 24.8 Å². The van der Waals surface area contributed by atoms with Crippen molar-refractivity contribution < 1.29 is 17.6 Å². The SMILES string of the molecule is Cc1nc(NC(=O)NC(C)c2ccc[nH]2)sc1-c1ccc(S(C)(=O)=O)c(F)c1. The van der Waals surface area contributed by atoms with Gasteiger partial charge in [0, 0.05) is 18.1 Å². The number of amides is 2. The zero-order valence-corrected chi connectivity index (χ0v) is 17.0. The van der Waals surface area contributed by atoms with Crippen molar-refractivity contribution in [3.05, 3.63) is 53.7 Å². The summed E-state index contributed by atoms with van der Waals surface area (Å²) in [5.41, 5.74) is 1.96. The van der Waals surface area contributed by atoms with E-state index in [4.69, 9.17) is 0 Å². The maximum atomic E-state index is 14.2. The summed E-state index contributed by atoms with van der Waals surface area (Å²) in [6.07, 6.45) is 2.73. The molecule has 1 unspecified atom stereocenters. The van der Waals surface area contributed by atoms with E-state index in [2.05, 4.69) is 20.6 Å². The third kappa shape index (κ3) is 4.39. The van der Waals surface area contributed by atoms with Crippen LogP contribution in [-0.2, 0) is 9.84 Å². The van der Waals surface area contributed by atoms with Crippen molar-refractivity contribution in [2.24, 2.45) is 0 Å². The fourth-order valence-electron chi connectivity index (χ4n) is 2.68. The molecule has 10 heteroatoms. The van der Waals surface area contributed by atoms with E-state index < -0.39 is 21.7 Å². The molecule has 0 aliphatic carbocycles. The number of anilines is 1. The molecule has 0 saturated carbocycles. The van der Waals surface area contributed by atoms with Crippen LogP contribution in [0.3, 0.4) is 0 Å². The third-order valence-electron chi connectivity index (χ3n) is 4.05. The number of H-pyrrole nitrogens is 1. The average molecular weight is 423 g/mol. The van der Waals surface area contributed by atoms with E-state index in [0.717, 1.165) is 18.0 Å². The second-order valence-corrected chi connectivity index (χ2v) is 9.28. The summed E-state index contributed by atoms with van der Waals surface area (Å²) in [6.45, 7) is 3.58. The first-order valence-corrected chi connectivity index (χ1v) is 11.0. The fraction of sp³-hybridized carbons (Fsp3) is 0.222. The number of hydrogen-bond acceptors (Lipinski definition) is 5. The molecule has 2 heterocycles. The second-order valence-electron chi connectivity index (χ2n) is 6.30. The molecule has 3 N–H and O–H groups in total. The topological polar surface area (TPSA) is 104 Å². The standard InChI is InChI=1S/C18H19FN4O3S2/c1-10(14-5-4-8-20-14)21-17(24)23-18-22-11(2)16(27-18)12-6-7-15(13(19)9-12)28(3,25)26/h4-10,20H,1-3H3,(H2,21,22,23,24). The van der Waals surface area contributed by atoms with E-state index in [1.807, 2.05) is 19.1 Å². The van der Waals surface area contributed by atoms with Gasteiger partial charge < -0.3 is 10.3 Å². The number of hydrogen-bond donors (Lipinski definition) is 3. The van der Waals surface area contributed by atoms with Crippen LogP contribution in [0.4, 0.5) is 14.3 Å². The Morgan fingerprint density at radius 2 is 2.07 bits per heavy atom. The lowest BCUT2D eigenvalue weighted by Gasteiger charge is -2.12. The molecule has 0 aliphatic rings. The van der Waals surface area contributed by atoms with Crippen molar-refractivity contribution in [3.63, 3.8) is 0 Å². The Kier molecular flexibility index (Phi) is 5.52. The zero-order valence-electron chi connectivity index (χ0n) is 15.4. The largest absolute Gasteiger partial charge is 0.363 e. The Balaban J connectivity index is 1.76. The molecule has 2 amide bonds. The molecule has 3 rings (SSSR count). The molecule has 0 saturated heterocycles. The second kappa shape index (κ2) is 7.72. The smallest absolute Gasteiger partial charge is 0.321 e. The van der Waals surface area contributed by atoms with E-state index in [0.29, 0.717) is 21.3 Å². The van der Waals surface area contributed by atoms with Crippen molar-refractivity contribution in [1.29, 1.82) is 0 Å². The van der Waals surface area contributed by atoms with Gasteiger partial charge in [-0.05, 0) is 43.7 Å². The molecule has 1 aromatic carbocycles. The molecule has 0 fully saturated rings. The quantitative estimate of drug-likeness (QED) is 0.580. The fourth-order valence-corrected chi connectivity index (χ4v) is 4.37. The minimum absolute atomic E-state index is 0.215. The Labute approximate surface area is 165 Å². The predicted molar refractivity (Wildman–Crippen MR) is 107 cm³/mol. The molecule has 0 aliphatic heterocycles. The van der Waals surface area contributed by atoms with Crippen LogP contribution in [-0.4, -0.2) is 30.7 Å². The number of carbonyl (C=O) groups excluding carboxylic acids is 1. The number of thiazole rings is 1. The van der Waals surface area contributed by atoms with Gasteiger partial charge in [0.05, 0.1) is 16.6 Å². The monoisotopic (exact) mass is 422 g/mol. The summed E-state index contributed by atoms with van der Waals surface area (Å²) in [5, 5.41) is 5.82. The summed E-state index contributed by atoms with van der Waals surface area (Å²) in [5.74, 6) is -0.820. The molecule has 3 aromatic rings. The maximum Gasteiger partial charge on any atom is 0.321 e. The Morgan fingerprint density at radius 1 is 1.32 bits per heavy atom. The van der Waals surface area contributed by atoms with Gasteiger partial charge in [-0.15, -0.1) is 0 Å². The number of rotatable bonds is 5. The van der Waals surface area contributed by atoms with Crippen LogP contribution in [0.25, 0.3) is 10.4 Å². The molecule has 2 aromatic heterocycles. The van der Waals surface area contributed by atoms with Gasteiger partial charge in [-0.2, -0.15) is 0 Å². The molecule has 0 spiro atoms. The van der Waals surface area contributed by atoms with E-state index in [-0.39, 0.29) is 10.9 Å². The average Bonchev–Trinajstić information content (AvgIpc) is 3.23. The minimum Gasteiger partial charge on any atom is -0.363 e. The van der Waals surface area contributed by atoms with E-state index >= 15 is 0 Å². The number of urea groups is 1. The normalized spacial score (nSPS) is 12.6. The van der Waals surface area contributed by atoms with Gasteiger partial charge >= 0.3 is 6.03 Å². The summed E-state index contributed by atoms with van der Waals surface area (Å²) < 4.78 is 37.3. The summed E-state index contributed by atoms with van der Waals surface area (Å²) in [4.78, 5) is 19.8. The van der Waals surface area contributed by atoms with Crippen LogP contribution in [0.15, 0.2) is 41.4 Å². The van der Waals surface area contributed by atoms with Crippen molar-refractivity contribution in [3.8, 4) is 10.4 Å². The molecular formula is C18H19FN4O3S2. The number of sulfone groups is 1. The molecular weight excluding hydrogens is 403 g/mol. The van der Waals surface area contributed by atoms with E-state index in [1.54, 1.807) is 13.1 Å². The Morgan fingerprint density at radius 3 is 2.68 bits per heavy atom. The molecule has 0 bridgehead atoms.